The zero-order valence-corrected chi connectivity index (χ0v) is 27.4. The molecule has 0 fully saturated rings. The molecule has 3 amide bonds. The number of amides is 3. The van der Waals surface area contributed by atoms with Crippen molar-refractivity contribution < 1.29 is 19.1 Å². The molecule has 2 N–H and O–H groups in total. The number of benzene rings is 3. The van der Waals surface area contributed by atoms with Crippen LogP contribution < -0.4 is 10.6 Å². The van der Waals surface area contributed by atoms with Gasteiger partial charge in [0.05, 0.1) is 0 Å². The molecule has 0 aliphatic carbocycles. The molecule has 0 spiro atoms. The van der Waals surface area contributed by atoms with E-state index in [9.17, 15) is 14.4 Å². The number of nitrogens with one attached hydrogen (secondary N) is 2. The summed E-state index contributed by atoms with van der Waals surface area (Å²) in [6.07, 6.45) is 1.78. The summed E-state index contributed by atoms with van der Waals surface area (Å²) in [6.45, 7) is 19.0. The second kappa shape index (κ2) is 14.4. The van der Waals surface area contributed by atoms with E-state index in [1.807, 2.05) is 107 Å². The summed E-state index contributed by atoms with van der Waals surface area (Å²) < 4.78 is 5.56. The first-order chi connectivity index (χ1) is 20.7. The first kappa shape index (κ1) is 34.1. The van der Waals surface area contributed by atoms with Gasteiger partial charge in [-0.2, -0.15) is 0 Å². The Morgan fingerprint density at radius 2 is 1.52 bits per heavy atom. The van der Waals surface area contributed by atoms with Crippen molar-refractivity contribution in [3.63, 3.8) is 0 Å². The van der Waals surface area contributed by atoms with E-state index in [1.165, 1.54) is 0 Å². The Bertz CT molecular complexity index is 1450. The van der Waals surface area contributed by atoms with Crippen LogP contribution in [-0.2, 0) is 20.7 Å². The Kier molecular flexibility index (Phi) is 11.2. The van der Waals surface area contributed by atoms with Crippen LogP contribution in [0, 0.1) is 13.8 Å². The maximum absolute atomic E-state index is 14.9. The molecule has 0 saturated heterocycles. The number of para-hydroxylation sites is 1. The van der Waals surface area contributed by atoms with Gasteiger partial charge in [0.1, 0.15) is 17.7 Å². The molecule has 3 aromatic rings. The molecule has 0 aromatic heterocycles. The fourth-order valence-corrected chi connectivity index (χ4v) is 5.09. The fourth-order valence-electron chi connectivity index (χ4n) is 5.09. The monoisotopic (exact) mass is 597 g/mol. The van der Waals surface area contributed by atoms with Crippen molar-refractivity contribution in [3.05, 3.63) is 107 Å². The van der Waals surface area contributed by atoms with Gasteiger partial charge in [-0.1, -0.05) is 86.3 Å². The van der Waals surface area contributed by atoms with Crippen LogP contribution in [0.15, 0.2) is 79.4 Å². The summed E-state index contributed by atoms with van der Waals surface area (Å²) in [5, 5.41) is 5.97. The number of alkyl carbamates (subject to hydrolysis) is 1. The Labute approximate surface area is 262 Å². The zero-order chi connectivity index (χ0) is 32.7. The molecular formula is C37H47N3O4. The lowest BCUT2D eigenvalue weighted by molar-refractivity contribution is -0.147. The first-order valence-electron chi connectivity index (χ1n) is 15.1. The maximum Gasteiger partial charge on any atom is 0.408 e. The Morgan fingerprint density at radius 3 is 2.09 bits per heavy atom. The highest BCUT2D eigenvalue weighted by Crippen LogP contribution is 2.34. The van der Waals surface area contributed by atoms with Crippen molar-refractivity contribution in [2.24, 2.45) is 0 Å². The maximum atomic E-state index is 14.9. The minimum Gasteiger partial charge on any atom is -0.444 e. The molecule has 7 nitrogen and oxygen atoms in total. The molecule has 2 atom stereocenters. The Hall–Kier alpha value is -4.39. The van der Waals surface area contributed by atoms with E-state index in [-0.39, 0.29) is 12.3 Å². The number of hydrogen-bond donors (Lipinski definition) is 2. The minimum atomic E-state index is -1.02. The second-order valence-corrected chi connectivity index (χ2v) is 12.8. The highest BCUT2D eigenvalue weighted by Gasteiger charge is 2.43. The van der Waals surface area contributed by atoms with Crippen molar-refractivity contribution in [3.8, 4) is 0 Å². The molecule has 44 heavy (non-hydrogen) atoms. The van der Waals surface area contributed by atoms with Crippen LogP contribution in [0.2, 0.25) is 0 Å². The van der Waals surface area contributed by atoms with Gasteiger partial charge in [0, 0.05) is 17.6 Å². The van der Waals surface area contributed by atoms with Crippen molar-refractivity contribution in [2.75, 3.05) is 5.32 Å². The predicted octanol–water partition coefficient (Wildman–Crippen LogP) is 7.78. The zero-order valence-electron chi connectivity index (χ0n) is 27.4. The number of anilines is 1. The molecule has 2 unspecified atom stereocenters. The smallest absolute Gasteiger partial charge is 0.408 e. The van der Waals surface area contributed by atoms with Crippen LogP contribution in [0.1, 0.15) is 81.8 Å². The molecule has 0 radical (unpaired) electrons. The highest BCUT2D eigenvalue weighted by molar-refractivity contribution is 6.00. The third-order valence-corrected chi connectivity index (χ3v) is 7.72. The number of hydrogen-bond acceptors (Lipinski definition) is 4. The first-order valence-corrected chi connectivity index (χ1v) is 15.1. The van der Waals surface area contributed by atoms with Crippen molar-refractivity contribution in [2.45, 2.75) is 91.5 Å². The molecule has 234 valence electrons. The average Bonchev–Trinajstić information content (AvgIpc) is 2.96. The van der Waals surface area contributed by atoms with Gasteiger partial charge < -0.3 is 20.3 Å². The van der Waals surface area contributed by atoms with E-state index in [0.29, 0.717) is 17.7 Å². The molecule has 0 aliphatic rings. The van der Waals surface area contributed by atoms with E-state index in [0.717, 1.165) is 22.3 Å². The van der Waals surface area contributed by atoms with Crippen molar-refractivity contribution in [1.29, 1.82) is 0 Å². The summed E-state index contributed by atoms with van der Waals surface area (Å²) in [7, 11) is 0. The number of ether oxygens (including phenoxy) is 1. The molecule has 3 aromatic carbocycles. The van der Waals surface area contributed by atoms with E-state index in [1.54, 1.807) is 31.7 Å². The van der Waals surface area contributed by atoms with E-state index >= 15 is 0 Å². The summed E-state index contributed by atoms with van der Waals surface area (Å²) in [5.41, 5.74) is 3.31. The summed E-state index contributed by atoms with van der Waals surface area (Å²) in [5.74, 6) is -0.744. The quantitative estimate of drug-likeness (QED) is 0.236. The molecule has 7 heteroatoms. The Balaban J connectivity index is 2.19. The van der Waals surface area contributed by atoms with Gasteiger partial charge in [-0.15, -0.1) is 0 Å². The SMILES string of the molecule is C=Cc1cccc(C(C(=O)Nc2c(C)cccc2C)N(C(=O)C(Cc2ccccc2)NC(=O)OC(C)(C)C)C(C)(C)CC)c1. The topological polar surface area (TPSA) is 87.7 Å². The van der Waals surface area contributed by atoms with E-state index < -0.39 is 35.2 Å². The predicted molar refractivity (Wildman–Crippen MR) is 178 cm³/mol. The van der Waals surface area contributed by atoms with Crippen molar-refractivity contribution >= 4 is 29.7 Å². The van der Waals surface area contributed by atoms with Gasteiger partial charge in [-0.3, -0.25) is 9.59 Å². The molecule has 0 bridgehead atoms. The van der Waals surface area contributed by atoms with Gasteiger partial charge in [0.2, 0.25) is 5.91 Å². The van der Waals surface area contributed by atoms with Crippen LogP contribution in [0.5, 0.6) is 0 Å². The standard InChI is InChI=1S/C37H47N3O4/c1-10-27-21-16-22-29(23-27)32(33(41)39-31-25(3)17-15-18-26(31)4)40(37(8,9)11-2)34(42)30(24-28-19-13-12-14-20-28)38-35(43)44-36(5,6)7/h10,12-23,30,32H,1,11,24H2,2-9H3,(H,38,43)(H,39,41). The second-order valence-electron chi connectivity index (χ2n) is 12.8. The largest absolute Gasteiger partial charge is 0.444 e. The molecule has 3 rings (SSSR count). The lowest BCUT2D eigenvalue weighted by Crippen LogP contribution is -2.59. The van der Waals surface area contributed by atoms with Crippen LogP contribution >= 0.6 is 0 Å². The number of carbonyl (C=O) groups excluding carboxylic acids is 3. The van der Waals surface area contributed by atoms with E-state index in [2.05, 4.69) is 17.2 Å². The molecule has 0 saturated carbocycles. The molecule has 0 heterocycles. The summed E-state index contributed by atoms with van der Waals surface area (Å²) in [6, 6.07) is 20.8. The lowest BCUT2D eigenvalue weighted by atomic mass is 9.90. The summed E-state index contributed by atoms with van der Waals surface area (Å²) in [4.78, 5) is 44.1. The van der Waals surface area contributed by atoms with Gasteiger partial charge >= 0.3 is 6.09 Å². The minimum absolute atomic E-state index is 0.215. The third-order valence-electron chi connectivity index (χ3n) is 7.72. The van der Waals surface area contributed by atoms with Crippen LogP contribution in [0.3, 0.4) is 0 Å². The van der Waals surface area contributed by atoms with Gasteiger partial charge in [-0.05, 0) is 88.8 Å². The highest BCUT2D eigenvalue weighted by atomic mass is 16.6. The summed E-state index contributed by atoms with van der Waals surface area (Å²) >= 11 is 0. The van der Waals surface area contributed by atoms with Gasteiger partial charge in [-0.25, -0.2) is 4.79 Å². The third kappa shape index (κ3) is 8.82. The lowest BCUT2D eigenvalue weighted by Gasteiger charge is -2.44. The number of rotatable bonds is 11. The Morgan fingerprint density at radius 1 is 0.909 bits per heavy atom. The van der Waals surface area contributed by atoms with Gasteiger partial charge in [0.15, 0.2) is 0 Å². The number of carbonyl (C=O) groups is 3. The van der Waals surface area contributed by atoms with Crippen LogP contribution in [0.4, 0.5) is 10.5 Å². The van der Waals surface area contributed by atoms with Crippen LogP contribution in [0.25, 0.3) is 6.08 Å². The van der Waals surface area contributed by atoms with Gasteiger partial charge in [0.25, 0.3) is 5.91 Å². The van der Waals surface area contributed by atoms with E-state index in [4.69, 9.17) is 4.74 Å². The normalized spacial score (nSPS) is 12.9. The fraction of sp³-hybridized carbons (Fsp3) is 0.378. The number of aryl methyl sites for hydroxylation is 2. The average molecular weight is 598 g/mol. The van der Waals surface area contributed by atoms with Crippen molar-refractivity contribution in [1.82, 2.24) is 10.2 Å². The molecule has 0 aliphatic heterocycles. The number of nitrogens with zero attached hydrogens (tertiary/aromatic N) is 1. The van der Waals surface area contributed by atoms with Crippen LogP contribution in [-0.4, -0.2) is 40.0 Å². The molecular weight excluding hydrogens is 550 g/mol.